The van der Waals surface area contributed by atoms with Crippen LogP contribution in [0.5, 0.6) is 5.75 Å². The van der Waals surface area contributed by atoms with E-state index in [1.807, 2.05) is 19.9 Å². The molecule has 3 rings (SSSR count). The summed E-state index contributed by atoms with van der Waals surface area (Å²) in [4.78, 5) is 37.5. The molecule has 1 fully saturated rings. The number of rotatable bonds is 4. The van der Waals surface area contributed by atoms with Crippen LogP contribution in [0.1, 0.15) is 49.0 Å². The van der Waals surface area contributed by atoms with Crippen LogP contribution in [0.3, 0.4) is 0 Å². The number of ether oxygens (including phenoxy) is 1. The Morgan fingerprint density at radius 2 is 2.13 bits per heavy atom. The lowest BCUT2D eigenvalue weighted by Gasteiger charge is -2.29. The number of hydrogen-bond donors (Lipinski definition) is 1. The SMILES string of the molecule is CCC(C)Oc1cccc2c1CN(C1CCC(=O)NC1=O)C2=O. The van der Waals surface area contributed by atoms with Crippen LogP contribution in [-0.4, -0.2) is 34.8 Å². The standard InChI is InChI=1S/C17H20N2O4/c1-3-10(2)23-14-6-4-5-11-12(14)9-19(17(11)22)13-7-8-15(20)18-16(13)21/h4-6,10,13H,3,7-9H2,1-2H3,(H,18,20,21). The normalized spacial score (nSPS) is 21.9. The summed E-state index contributed by atoms with van der Waals surface area (Å²) in [6.07, 6.45) is 1.55. The van der Waals surface area contributed by atoms with Crippen molar-refractivity contribution in [2.45, 2.75) is 51.8 Å². The van der Waals surface area contributed by atoms with E-state index in [1.54, 1.807) is 12.1 Å². The zero-order chi connectivity index (χ0) is 16.6. The predicted octanol–water partition coefficient (Wildman–Crippen LogP) is 1.62. The predicted molar refractivity (Wildman–Crippen MR) is 82.9 cm³/mol. The third-order valence-corrected chi connectivity index (χ3v) is 4.44. The molecule has 0 bridgehead atoms. The van der Waals surface area contributed by atoms with Crippen molar-refractivity contribution in [3.63, 3.8) is 0 Å². The van der Waals surface area contributed by atoms with Gasteiger partial charge in [0.05, 0.1) is 12.6 Å². The van der Waals surface area contributed by atoms with Crippen LogP contribution in [0, 0.1) is 0 Å². The third kappa shape index (κ3) is 2.81. The van der Waals surface area contributed by atoms with Crippen LogP contribution in [-0.2, 0) is 16.1 Å². The van der Waals surface area contributed by atoms with E-state index >= 15 is 0 Å². The molecule has 1 aromatic carbocycles. The Morgan fingerprint density at radius 1 is 1.35 bits per heavy atom. The molecule has 2 aliphatic heterocycles. The van der Waals surface area contributed by atoms with E-state index in [1.165, 1.54) is 4.90 Å². The van der Waals surface area contributed by atoms with E-state index < -0.39 is 11.9 Å². The van der Waals surface area contributed by atoms with Crippen LogP contribution in [0.2, 0.25) is 0 Å². The number of nitrogens with zero attached hydrogens (tertiary/aromatic N) is 1. The summed E-state index contributed by atoms with van der Waals surface area (Å²) < 4.78 is 5.90. The Hall–Kier alpha value is -2.37. The number of carbonyl (C=O) groups is 3. The fraction of sp³-hybridized carbons (Fsp3) is 0.471. The third-order valence-electron chi connectivity index (χ3n) is 4.44. The lowest BCUT2D eigenvalue weighted by atomic mass is 10.0. The first-order valence-corrected chi connectivity index (χ1v) is 7.94. The topological polar surface area (TPSA) is 75.7 Å². The van der Waals surface area contributed by atoms with Crippen molar-refractivity contribution in [3.8, 4) is 5.75 Å². The van der Waals surface area contributed by atoms with Crippen LogP contribution in [0.4, 0.5) is 0 Å². The van der Waals surface area contributed by atoms with E-state index in [-0.39, 0.29) is 24.3 Å². The minimum Gasteiger partial charge on any atom is -0.490 e. The summed E-state index contributed by atoms with van der Waals surface area (Å²) in [7, 11) is 0. The Morgan fingerprint density at radius 3 is 2.83 bits per heavy atom. The molecule has 2 unspecified atom stereocenters. The highest BCUT2D eigenvalue weighted by Gasteiger charge is 2.40. The molecule has 0 saturated carbocycles. The molecule has 1 aromatic rings. The molecule has 2 atom stereocenters. The molecule has 0 aromatic heterocycles. The average Bonchev–Trinajstić information content (AvgIpc) is 2.86. The first-order valence-electron chi connectivity index (χ1n) is 7.94. The van der Waals surface area contributed by atoms with Gasteiger partial charge in [0.15, 0.2) is 0 Å². The van der Waals surface area contributed by atoms with Crippen molar-refractivity contribution in [1.82, 2.24) is 10.2 Å². The summed E-state index contributed by atoms with van der Waals surface area (Å²) in [5.74, 6) is -0.160. The van der Waals surface area contributed by atoms with Crippen LogP contribution in [0.25, 0.3) is 0 Å². The Balaban J connectivity index is 1.85. The highest BCUT2D eigenvalue weighted by molar-refractivity contribution is 6.05. The summed E-state index contributed by atoms with van der Waals surface area (Å²) in [5.41, 5.74) is 1.40. The van der Waals surface area contributed by atoms with E-state index in [4.69, 9.17) is 4.74 Å². The number of imide groups is 1. The van der Waals surface area contributed by atoms with Crippen LogP contribution in [0.15, 0.2) is 18.2 Å². The van der Waals surface area contributed by atoms with Gasteiger partial charge in [-0.15, -0.1) is 0 Å². The number of piperidine rings is 1. The first kappa shape index (κ1) is 15.5. The number of nitrogens with one attached hydrogen (secondary N) is 1. The van der Waals surface area contributed by atoms with Crippen molar-refractivity contribution in [3.05, 3.63) is 29.3 Å². The van der Waals surface area contributed by atoms with Gasteiger partial charge in [-0.2, -0.15) is 0 Å². The monoisotopic (exact) mass is 316 g/mol. The summed E-state index contributed by atoms with van der Waals surface area (Å²) in [5, 5.41) is 2.31. The minimum atomic E-state index is -0.593. The zero-order valence-electron chi connectivity index (χ0n) is 13.3. The molecule has 23 heavy (non-hydrogen) atoms. The average molecular weight is 316 g/mol. The fourth-order valence-corrected chi connectivity index (χ4v) is 2.97. The number of amides is 3. The molecular weight excluding hydrogens is 296 g/mol. The first-order chi connectivity index (χ1) is 11.0. The second-order valence-corrected chi connectivity index (χ2v) is 6.02. The maximum Gasteiger partial charge on any atom is 0.255 e. The van der Waals surface area contributed by atoms with E-state index in [0.29, 0.717) is 24.3 Å². The molecule has 6 nitrogen and oxygen atoms in total. The zero-order valence-corrected chi connectivity index (χ0v) is 13.3. The van der Waals surface area contributed by atoms with Gasteiger partial charge in [0.2, 0.25) is 11.8 Å². The van der Waals surface area contributed by atoms with Crippen molar-refractivity contribution in [1.29, 1.82) is 0 Å². The molecule has 2 aliphatic rings. The maximum atomic E-state index is 12.6. The lowest BCUT2D eigenvalue weighted by Crippen LogP contribution is -2.52. The highest BCUT2D eigenvalue weighted by Crippen LogP contribution is 2.34. The molecule has 0 spiro atoms. The Labute approximate surface area is 134 Å². The molecule has 0 aliphatic carbocycles. The molecular formula is C17H20N2O4. The van der Waals surface area contributed by atoms with Gasteiger partial charge < -0.3 is 9.64 Å². The van der Waals surface area contributed by atoms with E-state index in [2.05, 4.69) is 5.32 Å². The quantitative estimate of drug-likeness (QED) is 0.857. The van der Waals surface area contributed by atoms with Gasteiger partial charge in [-0.1, -0.05) is 13.0 Å². The highest BCUT2D eigenvalue weighted by atomic mass is 16.5. The fourth-order valence-electron chi connectivity index (χ4n) is 2.97. The van der Waals surface area contributed by atoms with E-state index in [9.17, 15) is 14.4 Å². The second kappa shape index (κ2) is 6.02. The van der Waals surface area contributed by atoms with Gasteiger partial charge in [-0.25, -0.2) is 0 Å². The molecule has 2 heterocycles. The van der Waals surface area contributed by atoms with Gasteiger partial charge in [0.25, 0.3) is 5.91 Å². The largest absolute Gasteiger partial charge is 0.490 e. The second-order valence-electron chi connectivity index (χ2n) is 6.02. The summed E-state index contributed by atoms with van der Waals surface area (Å²) in [6, 6.07) is 4.81. The van der Waals surface area contributed by atoms with Crippen molar-refractivity contribution < 1.29 is 19.1 Å². The van der Waals surface area contributed by atoms with Gasteiger partial charge in [0.1, 0.15) is 11.8 Å². The number of hydrogen-bond acceptors (Lipinski definition) is 4. The van der Waals surface area contributed by atoms with Crippen LogP contribution >= 0.6 is 0 Å². The van der Waals surface area contributed by atoms with Gasteiger partial charge in [-0.3, -0.25) is 19.7 Å². The summed E-state index contributed by atoms with van der Waals surface area (Å²) >= 11 is 0. The smallest absolute Gasteiger partial charge is 0.255 e. The number of benzene rings is 1. The number of fused-ring (bicyclic) bond motifs is 1. The van der Waals surface area contributed by atoms with Crippen LogP contribution < -0.4 is 10.1 Å². The van der Waals surface area contributed by atoms with Crippen molar-refractivity contribution >= 4 is 17.7 Å². The van der Waals surface area contributed by atoms with Gasteiger partial charge in [0, 0.05) is 17.5 Å². The summed E-state index contributed by atoms with van der Waals surface area (Å²) in [6.45, 7) is 4.36. The lowest BCUT2D eigenvalue weighted by molar-refractivity contribution is -0.136. The molecule has 6 heteroatoms. The Kier molecular flexibility index (Phi) is 4.07. The molecule has 3 amide bonds. The molecule has 1 saturated heterocycles. The minimum absolute atomic E-state index is 0.0567. The molecule has 0 radical (unpaired) electrons. The van der Waals surface area contributed by atoms with Gasteiger partial charge >= 0.3 is 0 Å². The molecule has 1 N–H and O–H groups in total. The Bertz CT molecular complexity index is 671. The van der Waals surface area contributed by atoms with E-state index in [0.717, 1.165) is 12.0 Å². The maximum absolute atomic E-state index is 12.6. The van der Waals surface area contributed by atoms with Gasteiger partial charge in [-0.05, 0) is 31.9 Å². The number of carbonyl (C=O) groups excluding carboxylic acids is 3. The molecule has 122 valence electrons. The van der Waals surface area contributed by atoms with Crippen molar-refractivity contribution in [2.75, 3.05) is 0 Å². The van der Waals surface area contributed by atoms with Crippen molar-refractivity contribution in [2.24, 2.45) is 0 Å².